The van der Waals surface area contributed by atoms with E-state index in [0.29, 0.717) is 12.1 Å². The zero-order valence-electron chi connectivity index (χ0n) is 9.86. The zero-order chi connectivity index (χ0) is 13.1. The first-order chi connectivity index (χ1) is 8.11. The van der Waals surface area contributed by atoms with Crippen LogP contribution in [0.15, 0.2) is 24.5 Å². The van der Waals surface area contributed by atoms with Crippen LogP contribution in [0.4, 0.5) is 0 Å². The van der Waals surface area contributed by atoms with Crippen LogP contribution < -0.4 is 10.6 Å². The van der Waals surface area contributed by atoms with Gasteiger partial charge in [-0.1, -0.05) is 6.58 Å². The molecule has 0 aromatic rings. The zero-order valence-corrected chi connectivity index (χ0v) is 9.86. The van der Waals surface area contributed by atoms with Gasteiger partial charge in [0.2, 0.25) is 11.8 Å². The fourth-order valence-corrected chi connectivity index (χ4v) is 0.852. The molecule has 96 valence electrons. The van der Waals surface area contributed by atoms with Gasteiger partial charge in [-0.3, -0.25) is 9.59 Å². The molecular formula is C11H18N2O4. The van der Waals surface area contributed by atoms with Crippen LogP contribution in [0.2, 0.25) is 0 Å². The lowest BCUT2D eigenvalue weighted by atomic mass is 10.3. The van der Waals surface area contributed by atoms with Crippen LogP contribution in [0.5, 0.6) is 0 Å². The molecule has 0 radical (unpaired) electrons. The van der Waals surface area contributed by atoms with Crippen molar-refractivity contribution in [3.63, 3.8) is 0 Å². The van der Waals surface area contributed by atoms with E-state index >= 15 is 0 Å². The van der Waals surface area contributed by atoms with Gasteiger partial charge in [-0.15, -0.1) is 0 Å². The highest BCUT2D eigenvalue weighted by Gasteiger charge is 2.02. The van der Waals surface area contributed by atoms with Gasteiger partial charge in [-0.05, 0) is 13.0 Å². The monoisotopic (exact) mass is 242 g/mol. The Hall–Kier alpha value is -1.82. The van der Waals surface area contributed by atoms with Gasteiger partial charge in [0.25, 0.3) is 0 Å². The van der Waals surface area contributed by atoms with E-state index in [4.69, 9.17) is 9.84 Å². The van der Waals surface area contributed by atoms with E-state index in [-0.39, 0.29) is 31.6 Å². The summed E-state index contributed by atoms with van der Waals surface area (Å²) in [5.74, 6) is -0.566. The molecule has 0 aromatic heterocycles. The van der Waals surface area contributed by atoms with Gasteiger partial charge in [0.15, 0.2) is 0 Å². The predicted octanol–water partition coefficient (Wildman–Crippen LogP) is -0.682. The molecule has 6 heteroatoms. The minimum atomic E-state index is -0.297. The van der Waals surface area contributed by atoms with Crippen molar-refractivity contribution in [1.82, 2.24) is 10.6 Å². The van der Waals surface area contributed by atoms with Crippen LogP contribution in [0.1, 0.15) is 6.92 Å². The summed E-state index contributed by atoms with van der Waals surface area (Å²) < 4.78 is 5.06. The molecule has 17 heavy (non-hydrogen) atoms. The average Bonchev–Trinajstić information content (AvgIpc) is 2.34. The van der Waals surface area contributed by atoms with Crippen molar-refractivity contribution in [1.29, 1.82) is 0 Å². The number of nitrogens with one attached hydrogen (secondary N) is 2. The third kappa shape index (κ3) is 8.04. The molecule has 0 spiro atoms. The number of hydrogen-bond acceptors (Lipinski definition) is 4. The van der Waals surface area contributed by atoms with Crippen molar-refractivity contribution in [2.75, 3.05) is 26.3 Å². The molecule has 0 saturated heterocycles. The van der Waals surface area contributed by atoms with Crippen LogP contribution in [0.3, 0.4) is 0 Å². The molecular weight excluding hydrogens is 224 g/mol. The first-order valence-electron chi connectivity index (χ1n) is 5.19. The molecule has 0 heterocycles. The van der Waals surface area contributed by atoms with Gasteiger partial charge >= 0.3 is 0 Å². The summed E-state index contributed by atoms with van der Waals surface area (Å²) in [7, 11) is 0. The Bertz CT molecular complexity index is 300. The van der Waals surface area contributed by atoms with Crippen LogP contribution in [-0.4, -0.2) is 43.2 Å². The smallest absolute Gasteiger partial charge is 0.250 e. The Labute approximate surface area is 100 Å². The van der Waals surface area contributed by atoms with E-state index < -0.39 is 0 Å². The number of hydrogen-bond donors (Lipinski definition) is 3. The van der Waals surface area contributed by atoms with Gasteiger partial charge in [-0.2, -0.15) is 0 Å². The van der Waals surface area contributed by atoms with Crippen LogP contribution in [0.25, 0.3) is 0 Å². The summed E-state index contributed by atoms with van der Waals surface area (Å²) in [5, 5.41) is 13.5. The topological polar surface area (TPSA) is 87.7 Å². The van der Waals surface area contributed by atoms with Crippen LogP contribution >= 0.6 is 0 Å². The Morgan fingerprint density at radius 2 is 2.06 bits per heavy atom. The number of ether oxygens (including phenoxy) is 1. The van der Waals surface area contributed by atoms with Crippen LogP contribution in [0, 0.1) is 0 Å². The predicted molar refractivity (Wildman–Crippen MR) is 63.0 cm³/mol. The highest BCUT2D eigenvalue weighted by atomic mass is 16.5. The second-order valence-corrected chi connectivity index (χ2v) is 3.15. The molecule has 0 atom stereocenters. The first kappa shape index (κ1) is 15.2. The highest BCUT2D eigenvalue weighted by molar-refractivity contribution is 5.92. The second kappa shape index (κ2) is 9.41. The fourth-order valence-electron chi connectivity index (χ4n) is 0.852. The summed E-state index contributed by atoms with van der Waals surface area (Å²) in [6.07, 6.45) is 2.48. The maximum Gasteiger partial charge on any atom is 0.250 e. The van der Waals surface area contributed by atoms with Crippen molar-refractivity contribution in [3.8, 4) is 0 Å². The van der Waals surface area contributed by atoms with Crippen LogP contribution in [-0.2, 0) is 14.3 Å². The number of carbonyl (C=O) groups is 2. The maximum absolute atomic E-state index is 11.3. The summed E-state index contributed by atoms with van der Waals surface area (Å²) >= 11 is 0. The van der Waals surface area contributed by atoms with Crippen molar-refractivity contribution < 1.29 is 19.4 Å². The summed E-state index contributed by atoms with van der Waals surface area (Å²) in [4.78, 5) is 22.0. The number of amides is 2. The number of aliphatic hydroxyl groups is 1. The van der Waals surface area contributed by atoms with E-state index in [9.17, 15) is 9.59 Å². The van der Waals surface area contributed by atoms with Crippen molar-refractivity contribution in [2.45, 2.75) is 6.92 Å². The molecule has 0 bridgehead atoms. The minimum absolute atomic E-state index is 0.104. The molecule has 2 amide bonds. The average molecular weight is 242 g/mol. The summed E-state index contributed by atoms with van der Waals surface area (Å²) in [5.41, 5.74) is 0.397. The lowest BCUT2D eigenvalue weighted by Gasteiger charge is -2.05. The summed E-state index contributed by atoms with van der Waals surface area (Å²) in [6.45, 7) is 5.61. The van der Waals surface area contributed by atoms with Gasteiger partial charge in [0, 0.05) is 12.1 Å². The largest absolute Gasteiger partial charge is 0.499 e. The van der Waals surface area contributed by atoms with Gasteiger partial charge in [0.05, 0.1) is 19.4 Å². The lowest BCUT2D eigenvalue weighted by molar-refractivity contribution is -0.118. The molecule has 6 nitrogen and oxygen atoms in total. The first-order valence-corrected chi connectivity index (χ1v) is 5.19. The Kier molecular flexibility index (Phi) is 8.40. The molecule has 0 aliphatic carbocycles. The van der Waals surface area contributed by atoms with E-state index in [0.717, 1.165) is 0 Å². The van der Waals surface area contributed by atoms with Gasteiger partial charge in [-0.25, -0.2) is 0 Å². The van der Waals surface area contributed by atoms with E-state index in [1.807, 2.05) is 0 Å². The molecule has 0 rings (SSSR count). The molecule has 3 N–H and O–H groups in total. The van der Waals surface area contributed by atoms with Gasteiger partial charge < -0.3 is 20.5 Å². The fraction of sp³-hybridized carbons (Fsp3) is 0.455. The highest BCUT2D eigenvalue weighted by Crippen LogP contribution is 1.92. The molecule has 0 unspecified atom stereocenters. The lowest BCUT2D eigenvalue weighted by Crippen LogP contribution is -2.27. The third-order valence-electron chi connectivity index (χ3n) is 1.72. The quantitative estimate of drug-likeness (QED) is 0.299. The van der Waals surface area contributed by atoms with Crippen molar-refractivity contribution >= 4 is 11.8 Å². The number of carbonyl (C=O) groups excluding carboxylic acids is 2. The number of rotatable bonds is 8. The molecule has 0 fully saturated rings. The third-order valence-corrected chi connectivity index (χ3v) is 1.72. The molecule has 0 aliphatic heterocycles. The van der Waals surface area contributed by atoms with E-state index in [1.54, 1.807) is 6.92 Å². The van der Waals surface area contributed by atoms with Crippen molar-refractivity contribution in [3.05, 3.63) is 24.5 Å². The Balaban J connectivity index is 3.72. The molecule has 0 aliphatic rings. The van der Waals surface area contributed by atoms with E-state index in [2.05, 4.69) is 17.2 Å². The molecule has 0 aromatic carbocycles. The van der Waals surface area contributed by atoms with E-state index in [1.165, 1.54) is 12.3 Å². The van der Waals surface area contributed by atoms with Crippen molar-refractivity contribution in [2.24, 2.45) is 0 Å². The Morgan fingerprint density at radius 3 is 2.65 bits per heavy atom. The Morgan fingerprint density at radius 1 is 1.35 bits per heavy atom. The standard InChI is InChI=1S/C11H18N2O4/c1-3-10(15)12-5-7-17-8-9(2)11(16)13-4-6-14/h3,8,14H,1,4-7H2,2H3,(H,12,15)(H,13,16)/b9-8+. The summed E-state index contributed by atoms with van der Waals surface area (Å²) in [6, 6.07) is 0. The SMILES string of the molecule is C=CC(=O)NCCO/C=C(\C)C(=O)NCCO. The molecule has 0 saturated carbocycles. The minimum Gasteiger partial charge on any atom is -0.499 e. The maximum atomic E-state index is 11.3. The normalized spacial score (nSPS) is 10.6. The second-order valence-electron chi connectivity index (χ2n) is 3.15. The van der Waals surface area contributed by atoms with Gasteiger partial charge in [0.1, 0.15) is 6.61 Å². The number of aliphatic hydroxyl groups excluding tert-OH is 1.